The van der Waals surface area contributed by atoms with E-state index in [1.54, 1.807) is 0 Å². The van der Waals surface area contributed by atoms with Crippen LogP contribution in [0.25, 0.3) is 0 Å². The van der Waals surface area contributed by atoms with Crippen molar-refractivity contribution in [3.8, 4) is 0 Å². The summed E-state index contributed by atoms with van der Waals surface area (Å²) in [5.74, 6) is 0. The van der Waals surface area contributed by atoms with Crippen LogP contribution in [-0.2, 0) is 13.1 Å². The van der Waals surface area contributed by atoms with E-state index in [0.717, 1.165) is 19.6 Å². The minimum atomic E-state index is 0.628. The van der Waals surface area contributed by atoms with Gasteiger partial charge in [-0.25, -0.2) is 0 Å². The maximum absolute atomic E-state index is 4.78. The van der Waals surface area contributed by atoms with E-state index in [9.17, 15) is 0 Å². The smallest absolute Gasteiger partial charge is 0.0662 e. The number of aryl methyl sites for hydroxylation is 1. The van der Waals surface area contributed by atoms with E-state index < -0.39 is 0 Å². The molecule has 1 unspecified atom stereocenters. The molecule has 0 saturated carbocycles. The molecule has 1 aliphatic heterocycles. The van der Waals surface area contributed by atoms with E-state index in [-0.39, 0.29) is 0 Å². The van der Waals surface area contributed by atoms with Crippen molar-refractivity contribution in [3.63, 3.8) is 0 Å². The molecule has 1 atom stereocenters. The molecule has 0 spiro atoms. The van der Waals surface area contributed by atoms with Crippen LogP contribution in [0, 0.1) is 13.8 Å². The zero-order chi connectivity index (χ0) is 16.2. The summed E-state index contributed by atoms with van der Waals surface area (Å²) in [4.78, 5) is 2.56. The predicted octanol–water partition coefficient (Wildman–Crippen LogP) is 2.73. The summed E-state index contributed by atoms with van der Waals surface area (Å²) in [5.41, 5.74) is 5.18. The zero-order valence-electron chi connectivity index (χ0n) is 14.5. The van der Waals surface area contributed by atoms with Gasteiger partial charge in [-0.15, -0.1) is 0 Å². The SMILES string of the molecule is CNC1CCCN(Cc2c(C)nn(Cc3ccccc3)c2C)C1. The van der Waals surface area contributed by atoms with Crippen molar-refractivity contribution in [2.75, 3.05) is 20.1 Å². The molecule has 2 heterocycles. The van der Waals surface area contributed by atoms with Gasteiger partial charge in [0, 0.05) is 30.4 Å². The van der Waals surface area contributed by atoms with E-state index in [0.29, 0.717) is 6.04 Å². The lowest BCUT2D eigenvalue weighted by molar-refractivity contribution is 0.187. The van der Waals surface area contributed by atoms with Crippen LogP contribution >= 0.6 is 0 Å². The van der Waals surface area contributed by atoms with E-state index in [2.05, 4.69) is 66.1 Å². The third kappa shape index (κ3) is 3.82. The van der Waals surface area contributed by atoms with Gasteiger partial charge in [0.05, 0.1) is 12.2 Å². The molecule has 124 valence electrons. The van der Waals surface area contributed by atoms with Crippen LogP contribution in [0.5, 0.6) is 0 Å². The molecule has 23 heavy (non-hydrogen) atoms. The summed E-state index contributed by atoms with van der Waals surface area (Å²) in [6, 6.07) is 11.2. The Morgan fingerprint density at radius 3 is 2.70 bits per heavy atom. The first-order valence-corrected chi connectivity index (χ1v) is 8.64. The predicted molar refractivity (Wildman–Crippen MR) is 94.6 cm³/mol. The first kappa shape index (κ1) is 16.2. The van der Waals surface area contributed by atoms with Crippen molar-refractivity contribution in [2.45, 2.75) is 45.8 Å². The number of hydrogen-bond acceptors (Lipinski definition) is 3. The molecule has 1 aliphatic rings. The van der Waals surface area contributed by atoms with Gasteiger partial charge < -0.3 is 5.32 Å². The Hall–Kier alpha value is -1.65. The molecule has 1 aromatic carbocycles. The van der Waals surface area contributed by atoms with Crippen LogP contribution in [0.2, 0.25) is 0 Å². The number of benzene rings is 1. The third-order valence-corrected chi connectivity index (χ3v) is 5.00. The van der Waals surface area contributed by atoms with Gasteiger partial charge in [0.25, 0.3) is 0 Å². The monoisotopic (exact) mass is 312 g/mol. The van der Waals surface area contributed by atoms with Gasteiger partial charge in [-0.05, 0) is 45.8 Å². The van der Waals surface area contributed by atoms with Crippen molar-refractivity contribution in [2.24, 2.45) is 0 Å². The molecular formula is C19H28N4. The highest BCUT2D eigenvalue weighted by molar-refractivity contribution is 5.26. The summed E-state index contributed by atoms with van der Waals surface area (Å²) < 4.78 is 2.15. The molecule has 1 N–H and O–H groups in total. The molecule has 0 amide bonds. The summed E-state index contributed by atoms with van der Waals surface area (Å²) in [5, 5.41) is 8.21. The minimum Gasteiger partial charge on any atom is -0.316 e. The number of likely N-dealkylation sites (N-methyl/N-ethyl adjacent to an activating group) is 1. The number of aromatic nitrogens is 2. The fourth-order valence-corrected chi connectivity index (χ4v) is 3.53. The maximum Gasteiger partial charge on any atom is 0.0662 e. The Labute approximate surface area is 139 Å². The zero-order valence-corrected chi connectivity index (χ0v) is 14.5. The second-order valence-electron chi connectivity index (χ2n) is 6.66. The Morgan fingerprint density at radius 2 is 1.96 bits per heavy atom. The van der Waals surface area contributed by atoms with Crippen LogP contribution in [0.15, 0.2) is 30.3 Å². The van der Waals surface area contributed by atoms with Crippen molar-refractivity contribution in [1.29, 1.82) is 0 Å². The fourth-order valence-electron chi connectivity index (χ4n) is 3.53. The van der Waals surface area contributed by atoms with Crippen LogP contribution in [0.4, 0.5) is 0 Å². The number of piperidine rings is 1. The molecule has 2 aromatic rings. The van der Waals surface area contributed by atoms with E-state index in [1.807, 2.05) is 0 Å². The van der Waals surface area contributed by atoms with Crippen molar-refractivity contribution >= 4 is 0 Å². The van der Waals surface area contributed by atoms with Gasteiger partial charge in [-0.2, -0.15) is 5.10 Å². The van der Waals surface area contributed by atoms with Crippen LogP contribution < -0.4 is 5.32 Å². The van der Waals surface area contributed by atoms with Gasteiger partial charge in [0.2, 0.25) is 0 Å². The molecule has 3 rings (SSSR count). The van der Waals surface area contributed by atoms with Crippen molar-refractivity contribution in [3.05, 3.63) is 52.8 Å². The highest BCUT2D eigenvalue weighted by Crippen LogP contribution is 2.19. The number of nitrogens with one attached hydrogen (secondary N) is 1. The molecular weight excluding hydrogens is 284 g/mol. The second-order valence-corrected chi connectivity index (χ2v) is 6.66. The number of rotatable bonds is 5. The topological polar surface area (TPSA) is 33.1 Å². The minimum absolute atomic E-state index is 0.628. The van der Waals surface area contributed by atoms with Gasteiger partial charge in [-0.3, -0.25) is 9.58 Å². The highest BCUT2D eigenvalue weighted by Gasteiger charge is 2.21. The van der Waals surface area contributed by atoms with E-state index in [4.69, 9.17) is 5.10 Å². The van der Waals surface area contributed by atoms with Gasteiger partial charge in [0.1, 0.15) is 0 Å². The Morgan fingerprint density at radius 1 is 1.17 bits per heavy atom. The molecule has 1 fully saturated rings. The molecule has 4 nitrogen and oxygen atoms in total. The average molecular weight is 312 g/mol. The lowest BCUT2D eigenvalue weighted by atomic mass is 10.0. The summed E-state index contributed by atoms with van der Waals surface area (Å²) >= 11 is 0. The highest BCUT2D eigenvalue weighted by atomic mass is 15.3. The standard InChI is InChI=1S/C19H28N4/c1-15-19(14-22-11-7-10-18(13-22)20-3)16(2)23(21-15)12-17-8-5-4-6-9-17/h4-6,8-9,18,20H,7,10-14H2,1-3H3. The molecule has 4 heteroatoms. The van der Waals surface area contributed by atoms with Crippen LogP contribution in [0.1, 0.15) is 35.4 Å². The molecule has 0 aliphatic carbocycles. The molecule has 1 aromatic heterocycles. The lowest BCUT2D eigenvalue weighted by Gasteiger charge is -2.32. The van der Waals surface area contributed by atoms with E-state index >= 15 is 0 Å². The maximum atomic E-state index is 4.78. The van der Waals surface area contributed by atoms with Crippen molar-refractivity contribution < 1.29 is 0 Å². The summed E-state index contributed by atoms with van der Waals surface area (Å²) in [7, 11) is 2.07. The quantitative estimate of drug-likeness (QED) is 0.921. The molecule has 1 saturated heterocycles. The van der Waals surface area contributed by atoms with Gasteiger partial charge in [0.15, 0.2) is 0 Å². The number of nitrogens with zero attached hydrogens (tertiary/aromatic N) is 3. The van der Waals surface area contributed by atoms with Crippen molar-refractivity contribution in [1.82, 2.24) is 20.0 Å². The number of hydrogen-bond donors (Lipinski definition) is 1. The van der Waals surface area contributed by atoms with Crippen LogP contribution in [-0.4, -0.2) is 40.9 Å². The second kappa shape index (κ2) is 7.28. The Kier molecular flexibility index (Phi) is 5.13. The largest absolute Gasteiger partial charge is 0.316 e. The first-order valence-electron chi connectivity index (χ1n) is 8.64. The third-order valence-electron chi connectivity index (χ3n) is 5.00. The normalized spacial score (nSPS) is 19.2. The fraction of sp³-hybridized carbons (Fsp3) is 0.526. The summed E-state index contributed by atoms with van der Waals surface area (Å²) in [6.07, 6.45) is 2.57. The lowest BCUT2D eigenvalue weighted by Crippen LogP contribution is -2.44. The Balaban J connectivity index is 1.73. The average Bonchev–Trinajstić information content (AvgIpc) is 2.83. The van der Waals surface area contributed by atoms with Gasteiger partial charge >= 0.3 is 0 Å². The molecule has 0 radical (unpaired) electrons. The Bertz CT molecular complexity index is 632. The van der Waals surface area contributed by atoms with Gasteiger partial charge in [-0.1, -0.05) is 30.3 Å². The first-order chi connectivity index (χ1) is 11.2. The molecule has 0 bridgehead atoms. The van der Waals surface area contributed by atoms with E-state index in [1.165, 1.54) is 41.9 Å². The number of likely N-dealkylation sites (tertiary alicyclic amines) is 1. The van der Waals surface area contributed by atoms with Crippen LogP contribution in [0.3, 0.4) is 0 Å². The summed E-state index contributed by atoms with van der Waals surface area (Å²) in [6.45, 7) is 8.55.